The first-order chi connectivity index (χ1) is 10.1. The van der Waals surface area contributed by atoms with E-state index in [0.717, 1.165) is 30.0 Å². The van der Waals surface area contributed by atoms with E-state index in [4.69, 9.17) is 4.74 Å². The van der Waals surface area contributed by atoms with Crippen LogP contribution in [0.25, 0.3) is 0 Å². The number of ether oxygens (including phenoxy) is 1. The Morgan fingerprint density at radius 3 is 2.38 bits per heavy atom. The van der Waals surface area contributed by atoms with E-state index < -0.39 is 0 Å². The monoisotopic (exact) mass is 283 g/mol. The Kier molecular flexibility index (Phi) is 5.40. The summed E-state index contributed by atoms with van der Waals surface area (Å²) in [4.78, 5) is 0. The van der Waals surface area contributed by atoms with Crippen molar-refractivity contribution in [3.8, 4) is 11.5 Å². The fourth-order valence-corrected chi connectivity index (χ4v) is 2.37. The van der Waals surface area contributed by atoms with Gasteiger partial charge in [0.05, 0.1) is 0 Å². The molecule has 1 N–H and O–H groups in total. The van der Waals surface area contributed by atoms with Crippen LogP contribution in [0.5, 0.6) is 11.5 Å². The maximum absolute atomic E-state index is 5.99. The highest BCUT2D eigenvalue weighted by Gasteiger charge is 2.05. The molecule has 0 aliphatic heterocycles. The molecule has 2 aromatic carbocycles. The first kappa shape index (κ1) is 15.6. The van der Waals surface area contributed by atoms with Gasteiger partial charge in [0.15, 0.2) is 0 Å². The molecular weight excluding hydrogens is 258 g/mol. The Bertz CT molecular complexity index is 575. The van der Waals surface area contributed by atoms with Crippen molar-refractivity contribution in [2.24, 2.45) is 0 Å². The minimum atomic E-state index is 0.599. The topological polar surface area (TPSA) is 21.3 Å². The van der Waals surface area contributed by atoms with Crippen LogP contribution in [0.2, 0.25) is 0 Å². The van der Waals surface area contributed by atoms with Crippen molar-refractivity contribution in [2.75, 3.05) is 7.05 Å². The first-order valence-corrected chi connectivity index (χ1v) is 7.66. The molecule has 0 radical (unpaired) electrons. The van der Waals surface area contributed by atoms with Crippen LogP contribution in [0.15, 0.2) is 42.5 Å². The lowest BCUT2D eigenvalue weighted by atomic mass is 9.99. The van der Waals surface area contributed by atoms with Gasteiger partial charge in [0.25, 0.3) is 0 Å². The van der Waals surface area contributed by atoms with E-state index in [1.54, 1.807) is 0 Å². The zero-order chi connectivity index (χ0) is 15.2. The predicted octanol–water partition coefficient (Wildman–Crippen LogP) is 5.02. The highest BCUT2D eigenvalue weighted by atomic mass is 16.5. The molecule has 2 rings (SSSR count). The second-order valence-electron chi connectivity index (χ2n) is 5.61. The zero-order valence-electron chi connectivity index (χ0n) is 13.4. The van der Waals surface area contributed by atoms with E-state index in [2.05, 4.69) is 62.5 Å². The smallest absolute Gasteiger partial charge is 0.130 e. The third kappa shape index (κ3) is 4.08. The average molecular weight is 283 g/mol. The van der Waals surface area contributed by atoms with E-state index in [-0.39, 0.29) is 0 Å². The Labute approximate surface area is 128 Å². The molecule has 0 saturated carbocycles. The van der Waals surface area contributed by atoms with Gasteiger partial charge in [-0.1, -0.05) is 38.1 Å². The molecule has 0 amide bonds. The molecule has 2 heteroatoms. The second-order valence-corrected chi connectivity index (χ2v) is 5.61. The number of nitrogens with one attached hydrogen (secondary N) is 1. The summed E-state index contributed by atoms with van der Waals surface area (Å²) in [6, 6.07) is 14.8. The third-order valence-electron chi connectivity index (χ3n) is 3.91. The van der Waals surface area contributed by atoms with Gasteiger partial charge in [-0.3, -0.25) is 0 Å². The standard InChI is InChI=1S/C19H25NO/c1-5-14(2)17-7-9-18(10-8-17)21-19-11-6-16(13-20-4)12-15(19)3/h6-12,14,20H,5,13H2,1-4H3. The number of hydrogen-bond donors (Lipinski definition) is 1. The van der Waals surface area contributed by atoms with Crippen molar-refractivity contribution in [3.63, 3.8) is 0 Å². The van der Waals surface area contributed by atoms with Crippen LogP contribution in [-0.2, 0) is 6.54 Å². The summed E-state index contributed by atoms with van der Waals surface area (Å²) < 4.78 is 5.99. The van der Waals surface area contributed by atoms with Crippen molar-refractivity contribution in [1.82, 2.24) is 5.32 Å². The molecule has 0 heterocycles. The lowest BCUT2D eigenvalue weighted by molar-refractivity contribution is 0.478. The summed E-state index contributed by atoms with van der Waals surface area (Å²) >= 11 is 0. The van der Waals surface area contributed by atoms with Gasteiger partial charge in [-0.2, -0.15) is 0 Å². The van der Waals surface area contributed by atoms with Gasteiger partial charge >= 0.3 is 0 Å². The van der Waals surface area contributed by atoms with Gasteiger partial charge in [0.2, 0.25) is 0 Å². The van der Waals surface area contributed by atoms with Crippen LogP contribution >= 0.6 is 0 Å². The Morgan fingerprint density at radius 1 is 1.10 bits per heavy atom. The van der Waals surface area contributed by atoms with Gasteiger partial charge in [-0.15, -0.1) is 0 Å². The van der Waals surface area contributed by atoms with Gasteiger partial charge < -0.3 is 10.1 Å². The van der Waals surface area contributed by atoms with Gasteiger partial charge in [-0.25, -0.2) is 0 Å². The predicted molar refractivity (Wildman–Crippen MR) is 89.2 cm³/mol. The molecule has 0 aliphatic carbocycles. The van der Waals surface area contributed by atoms with Gasteiger partial charge in [0.1, 0.15) is 11.5 Å². The number of rotatable bonds is 6. The quantitative estimate of drug-likeness (QED) is 0.803. The minimum absolute atomic E-state index is 0.599. The van der Waals surface area contributed by atoms with E-state index in [1.165, 1.54) is 11.1 Å². The Morgan fingerprint density at radius 2 is 1.81 bits per heavy atom. The largest absolute Gasteiger partial charge is 0.457 e. The molecule has 0 saturated heterocycles. The summed E-state index contributed by atoms with van der Waals surface area (Å²) in [5.74, 6) is 2.42. The second kappa shape index (κ2) is 7.28. The normalized spacial score (nSPS) is 12.2. The molecule has 21 heavy (non-hydrogen) atoms. The maximum atomic E-state index is 5.99. The van der Waals surface area contributed by atoms with Crippen LogP contribution in [0.3, 0.4) is 0 Å². The molecule has 1 unspecified atom stereocenters. The first-order valence-electron chi connectivity index (χ1n) is 7.66. The Balaban J connectivity index is 2.11. The molecule has 112 valence electrons. The molecule has 0 aromatic heterocycles. The Hall–Kier alpha value is -1.80. The summed E-state index contributed by atoms with van der Waals surface area (Å²) in [5, 5.41) is 3.16. The van der Waals surface area contributed by atoms with Crippen LogP contribution in [0.1, 0.15) is 42.9 Å². The van der Waals surface area contributed by atoms with Crippen LogP contribution in [-0.4, -0.2) is 7.05 Å². The van der Waals surface area contributed by atoms with Crippen LogP contribution in [0, 0.1) is 6.92 Å². The lowest BCUT2D eigenvalue weighted by Gasteiger charge is -2.12. The van der Waals surface area contributed by atoms with Crippen molar-refractivity contribution in [3.05, 3.63) is 59.2 Å². The zero-order valence-corrected chi connectivity index (χ0v) is 13.4. The van der Waals surface area contributed by atoms with Crippen molar-refractivity contribution in [1.29, 1.82) is 0 Å². The summed E-state index contributed by atoms with van der Waals surface area (Å²) in [5.41, 5.74) is 3.80. The fourth-order valence-electron chi connectivity index (χ4n) is 2.37. The third-order valence-corrected chi connectivity index (χ3v) is 3.91. The highest BCUT2D eigenvalue weighted by molar-refractivity contribution is 5.40. The highest BCUT2D eigenvalue weighted by Crippen LogP contribution is 2.27. The SMILES string of the molecule is CCC(C)c1ccc(Oc2ccc(CNC)cc2C)cc1. The molecule has 0 bridgehead atoms. The molecule has 0 spiro atoms. The van der Waals surface area contributed by atoms with Crippen LogP contribution < -0.4 is 10.1 Å². The van der Waals surface area contributed by atoms with Gasteiger partial charge in [0, 0.05) is 6.54 Å². The summed E-state index contributed by atoms with van der Waals surface area (Å²) in [7, 11) is 1.96. The van der Waals surface area contributed by atoms with E-state index in [9.17, 15) is 0 Å². The number of hydrogen-bond acceptors (Lipinski definition) is 2. The summed E-state index contributed by atoms with van der Waals surface area (Å²) in [6.07, 6.45) is 1.16. The van der Waals surface area contributed by atoms with E-state index in [0.29, 0.717) is 5.92 Å². The van der Waals surface area contributed by atoms with E-state index >= 15 is 0 Å². The number of aryl methyl sites for hydroxylation is 1. The maximum Gasteiger partial charge on any atom is 0.130 e. The fraction of sp³-hybridized carbons (Fsp3) is 0.368. The van der Waals surface area contributed by atoms with E-state index in [1.807, 2.05) is 13.1 Å². The van der Waals surface area contributed by atoms with Crippen molar-refractivity contribution >= 4 is 0 Å². The van der Waals surface area contributed by atoms with Gasteiger partial charge in [-0.05, 0) is 61.2 Å². The molecule has 1 atom stereocenters. The minimum Gasteiger partial charge on any atom is -0.457 e. The average Bonchev–Trinajstić information content (AvgIpc) is 2.50. The lowest BCUT2D eigenvalue weighted by Crippen LogP contribution is -2.05. The molecule has 2 nitrogen and oxygen atoms in total. The van der Waals surface area contributed by atoms with Crippen LogP contribution in [0.4, 0.5) is 0 Å². The van der Waals surface area contributed by atoms with Crippen molar-refractivity contribution < 1.29 is 4.74 Å². The summed E-state index contributed by atoms with van der Waals surface area (Å²) in [6.45, 7) is 7.43. The molecule has 2 aromatic rings. The number of benzene rings is 2. The molecular formula is C19H25NO. The molecule has 0 aliphatic rings. The van der Waals surface area contributed by atoms with Crippen molar-refractivity contribution in [2.45, 2.75) is 39.7 Å². The molecule has 0 fully saturated rings.